The van der Waals surface area contributed by atoms with Gasteiger partial charge in [-0.25, -0.2) is 0 Å². The Morgan fingerprint density at radius 1 is 1.15 bits per heavy atom. The normalized spacial score (nSPS) is 33.0. The molecule has 1 rings (SSSR count). The van der Waals surface area contributed by atoms with E-state index in [1.807, 2.05) is 11.8 Å². The molecule has 1 heterocycles. The van der Waals surface area contributed by atoms with Crippen molar-refractivity contribution in [1.29, 1.82) is 0 Å². The molecule has 1 N–H and O–H groups in total. The summed E-state index contributed by atoms with van der Waals surface area (Å²) >= 11 is 1.99. The molecule has 0 aromatic carbocycles. The van der Waals surface area contributed by atoms with Gasteiger partial charge in [0.15, 0.2) is 0 Å². The SMILES string of the molecule is CC(C)C(C)C1(O)CCCSCC1. The zero-order chi connectivity index (χ0) is 9.90. The Kier molecular flexibility index (Phi) is 4.11. The first-order valence-corrected chi connectivity index (χ1v) is 6.52. The molecule has 0 aromatic heterocycles. The Bertz CT molecular complexity index is 148. The topological polar surface area (TPSA) is 20.2 Å². The maximum absolute atomic E-state index is 10.5. The minimum atomic E-state index is -0.377. The molecule has 2 atom stereocenters. The lowest BCUT2D eigenvalue weighted by Crippen LogP contribution is -2.39. The zero-order valence-corrected chi connectivity index (χ0v) is 9.86. The monoisotopic (exact) mass is 202 g/mol. The molecular formula is C11H22OS. The first kappa shape index (κ1) is 11.4. The highest BCUT2D eigenvalue weighted by Gasteiger charge is 2.35. The van der Waals surface area contributed by atoms with Crippen molar-refractivity contribution >= 4 is 11.8 Å². The van der Waals surface area contributed by atoms with E-state index in [2.05, 4.69) is 20.8 Å². The molecule has 1 aliphatic rings. The van der Waals surface area contributed by atoms with Gasteiger partial charge in [-0.05, 0) is 42.6 Å². The quantitative estimate of drug-likeness (QED) is 0.743. The first-order valence-electron chi connectivity index (χ1n) is 5.36. The summed E-state index contributed by atoms with van der Waals surface area (Å²) in [7, 11) is 0. The highest BCUT2D eigenvalue weighted by Crippen LogP contribution is 2.35. The summed E-state index contributed by atoms with van der Waals surface area (Å²) in [6.07, 6.45) is 3.16. The van der Waals surface area contributed by atoms with E-state index in [1.165, 1.54) is 12.2 Å². The number of thioether (sulfide) groups is 1. The van der Waals surface area contributed by atoms with Crippen LogP contribution in [0, 0.1) is 11.8 Å². The van der Waals surface area contributed by atoms with E-state index in [9.17, 15) is 5.11 Å². The lowest BCUT2D eigenvalue weighted by atomic mass is 9.77. The van der Waals surface area contributed by atoms with Crippen LogP contribution >= 0.6 is 11.8 Å². The minimum Gasteiger partial charge on any atom is -0.390 e. The van der Waals surface area contributed by atoms with E-state index in [0.717, 1.165) is 18.6 Å². The molecule has 0 aliphatic carbocycles. The summed E-state index contributed by atoms with van der Waals surface area (Å²) in [5, 5.41) is 10.5. The molecule has 1 fully saturated rings. The van der Waals surface area contributed by atoms with Crippen molar-refractivity contribution < 1.29 is 5.11 Å². The van der Waals surface area contributed by atoms with Gasteiger partial charge in [0.25, 0.3) is 0 Å². The molecular weight excluding hydrogens is 180 g/mol. The van der Waals surface area contributed by atoms with Crippen LogP contribution in [0.3, 0.4) is 0 Å². The van der Waals surface area contributed by atoms with Gasteiger partial charge in [0.05, 0.1) is 5.60 Å². The van der Waals surface area contributed by atoms with Crippen LogP contribution in [0.4, 0.5) is 0 Å². The molecule has 13 heavy (non-hydrogen) atoms. The molecule has 0 saturated carbocycles. The lowest BCUT2D eigenvalue weighted by molar-refractivity contribution is -0.0380. The third-order valence-electron chi connectivity index (χ3n) is 3.43. The van der Waals surface area contributed by atoms with Crippen LogP contribution in [0.5, 0.6) is 0 Å². The van der Waals surface area contributed by atoms with Crippen LogP contribution in [0.15, 0.2) is 0 Å². The average molecular weight is 202 g/mol. The summed E-state index contributed by atoms with van der Waals surface area (Å²) in [5.74, 6) is 3.39. The highest BCUT2D eigenvalue weighted by molar-refractivity contribution is 7.99. The van der Waals surface area contributed by atoms with Crippen molar-refractivity contribution in [2.75, 3.05) is 11.5 Å². The summed E-state index contributed by atoms with van der Waals surface area (Å²) in [6.45, 7) is 6.61. The van der Waals surface area contributed by atoms with Crippen LogP contribution in [0.1, 0.15) is 40.0 Å². The number of hydrogen-bond donors (Lipinski definition) is 1. The second kappa shape index (κ2) is 4.70. The smallest absolute Gasteiger partial charge is 0.0683 e. The Hall–Kier alpha value is 0.310. The van der Waals surface area contributed by atoms with Crippen molar-refractivity contribution in [2.45, 2.75) is 45.6 Å². The predicted octanol–water partition coefficient (Wildman–Crippen LogP) is 2.93. The van der Waals surface area contributed by atoms with Gasteiger partial charge in [-0.1, -0.05) is 20.8 Å². The van der Waals surface area contributed by atoms with E-state index in [4.69, 9.17) is 0 Å². The van der Waals surface area contributed by atoms with Gasteiger partial charge in [-0.15, -0.1) is 0 Å². The summed E-state index contributed by atoms with van der Waals surface area (Å²) in [6, 6.07) is 0. The van der Waals surface area contributed by atoms with Crippen LogP contribution in [0.2, 0.25) is 0 Å². The van der Waals surface area contributed by atoms with E-state index < -0.39 is 0 Å². The standard InChI is InChI=1S/C11H22OS/c1-9(2)10(3)11(12)5-4-7-13-8-6-11/h9-10,12H,4-8H2,1-3H3. The van der Waals surface area contributed by atoms with Crippen molar-refractivity contribution in [2.24, 2.45) is 11.8 Å². The maximum Gasteiger partial charge on any atom is 0.0683 e. The fraction of sp³-hybridized carbons (Fsp3) is 1.00. The molecule has 0 radical (unpaired) electrons. The van der Waals surface area contributed by atoms with Crippen LogP contribution < -0.4 is 0 Å². The fourth-order valence-electron chi connectivity index (χ4n) is 2.03. The van der Waals surface area contributed by atoms with Gasteiger partial charge in [0.2, 0.25) is 0 Å². The molecule has 1 saturated heterocycles. The van der Waals surface area contributed by atoms with Gasteiger partial charge in [-0.2, -0.15) is 11.8 Å². The first-order chi connectivity index (χ1) is 6.06. The van der Waals surface area contributed by atoms with Crippen molar-refractivity contribution in [3.8, 4) is 0 Å². The molecule has 0 bridgehead atoms. The number of aliphatic hydroxyl groups is 1. The largest absolute Gasteiger partial charge is 0.390 e. The van der Waals surface area contributed by atoms with Crippen molar-refractivity contribution in [3.63, 3.8) is 0 Å². The van der Waals surface area contributed by atoms with Crippen molar-refractivity contribution in [3.05, 3.63) is 0 Å². The van der Waals surface area contributed by atoms with Crippen LogP contribution in [-0.2, 0) is 0 Å². The molecule has 2 unspecified atom stereocenters. The Morgan fingerprint density at radius 3 is 2.46 bits per heavy atom. The van der Waals surface area contributed by atoms with E-state index in [-0.39, 0.29) is 5.60 Å². The molecule has 1 aliphatic heterocycles. The summed E-state index contributed by atoms with van der Waals surface area (Å²) in [5.41, 5.74) is -0.377. The van der Waals surface area contributed by atoms with E-state index in [0.29, 0.717) is 11.8 Å². The second-order valence-electron chi connectivity index (χ2n) is 4.60. The molecule has 1 nitrogen and oxygen atoms in total. The maximum atomic E-state index is 10.5. The van der Waals surface area contributed by atoms with E-state index in [1.54, 1.807) is 0 Å². The molecule has 0 amide bonds. The van der Waals surface area contributed by atoms with Crippen LogP contribution in [-0.4, -0.2) is 22.2 Å². The van der Waals surface area contributed by atoms with Gasteiger partial charge in [0.1, 0.15) is 0 Å². The third kappa shape index (κ3) is 2.88. The molecule has 0 aromatic rings. The summed E-state index contributed by atoms with van der Waals surface area (Å²) < 4.78 is 0. The summed E-state index contributed by atoms with van der Waals surface area (Å²) in [4.78, 5) is 0. The van der Waals surface area contributed by atoms with E-state index >= 15 is 0 Å². The minimum absolute atomic E-state index is 0.377. The van der Waals surface area contributed by atoms with Gasteiger partial charge < -0.3 is 5.11 Å². The average Bonchev–Trinajstić information content (AvgIpc) is 2.29. The number of hydrogen-bond acceptors (Lipinski definition) is 2. The van der Waals surface area contributed by atoms with Crippen molar-refractivity contribution in [1.82, 2.24) is 0 Å². The van der Waals surface area contributed by atoms with Gasteiger partial charge in [0, 0.05) is 0 Å². The number of rotatable bonds is 2. The Balaban J connectivity index is 2.60. The second-order valence-corrected chi connectivity index (χ2v) is 5.83. The third-order valence-corrected chi connectivity index (χ3v) is 4.50. The Morgan fingerprint density at radius 2 is 1.85 bits per heavy atom. The molecule has 2 heteroatoms. The zero-order valence-electron chi connectivity index (χ0n) is 9.05. The predicted molar refractivity (Wildman–Crippen MR) is 60.1 cm³/mol. The van der Waals surface area contributed by atoms with Gasteiger partial charge in [-0.3, -0.25) is 0 Å². The Labute approximate surface area is 86.3 Å². The fourth-order valence-corrected chi connectivity index (χ4v) is 3.08. The molecule has 0 spiro atoms. The molecule has 78 valence electrons. The van der Waals surface area contributed by atoms with Crippen LogP contribution in [0.25, 0.3) is 0 Å². The lowest BCUT2D eigenvalue weighted by Gasteiger charge is -2.35. The highest BCUT2D eigenvalue weighted by atomic mass is 32.2. The van der Waals surface area contributed by atoms with Gasteiger partial charge >= 0.3 is 0 Å².